The first-order chi connectivity index (χ1) is 12.9. The van der Waals surface area contributed by atoms with Crippen molar-refractivity contribution in [1.29, 1.82) is 5.26 Å². The number of anilines is 1. The van der Waals surface area contributed by atoms with Crippen molar-refractivity contribution >= 4 is 29.3 Å². The third-order valence-electron chi connectivity index (χ3n) is 4.53. The summed E-state index contributed by atoms with van der Waals surface area (Å²) in [4.78, 5) is 26.3. The van der Waals surface area contributed by atoms with E-state index in [4.69, 9.17) is 5.73 Å². The molecule has 1 aliphatic heterocycles. The quantitative estimate of drug-likeness (QED) is 0.655. The fraction of sp³-hybridized carbons (Fsp3) is 0.190. The van der Waals surface area contributed by atoms with Crippen LogP contribution < -0.4 is 10.6 Å². The summed E-state index contributed by atoms with van der Waals surface area (Å²) in [6, 6.07) is 16.9. The summed E-state index contributed by atoms with van der Waals surface area (Å²) in [5.74, 6) is -0.992. The number of benzene rings is 2. The normalized spacial score (nSPS) is 18.3. The maximum Gasteiger partial charge on any atom is 0.262 e. The van der Waals surface area contributed by atoms with Gasteiger partial charge in [0.05, 0.1) is 5.25 Å². The van der Waals surface area contributed by atoms with Crippen LogP contribution in [0.4, 0.5) is 5.69 Å². The topological polar surface area (TPSA) is 87.2 Å². The molecule has 0 radical (unpaired) electrons. The van der Waals surface area contributed by atoms with Gasteiger partial charge in [0.2, 0.25) is 5.91 Å². The van der Waals surface area contributed by atoms with Crippen LogP contribution in [0.1, 0.15) is 16.7 Å². The summed E-state index contributed by atoms with van der Waals surface area (Å²) < 4.78 is 0. The van der Waals surface area contributed by atoms with Gasteiger partial charge in [-0.05, 0) is 49.1 Å². The predicted molar refractivity (Wildman–Crippen MR) is 107 cm³/mol. The maximum absolute atomic E-state index is 13.1. The summed E-state index contributed by atoms with van der Waals surface area (Å²) in [5.41, 5.74) is 9.18. The highest BCUT2D eigenvalue weighted by Crippen LogP contribution is 2.41. The van der Waals surface area contributed by atoms with Crippen molar-refractivity contribution in [2.24, 2.45) is 5.73 Å². The first-order valence-electron chi connectivity index (χ1n) is 8.48. The second-order valence-corrected chi connectivity index (χ2v) is 7.59. The third-order valence-corrected chi connectivity index (χ3v) is 5.79. The number of thioether (sulfide) groups is 1. The van der Waals surface area contributed by atoms with E-state index >= 15 is 0 Å². The number of carbonyl (C=O) groups excluding carboxylic acids is 2. The van der Waals surface area contributed by atoms with Crippen LogP contribution in [-0.2, 0) is 16.0 Å². The van der Waals surface area contributed by atoms with Gasteiger partial charge in [0.1, 0.15) is 16.7 Å². The Labute approximate surface area is 162 Å². The first kappa shape index (κ1) is 18.7. The monoisotopic (exact) mass is 377 g/mol. The Bertz CT molecular complexity index is 977. The highest BCUT2D eigenvalue weighted by atomic mass is 32.2. The average molecular weight is 377 g/mol. The van der Waals surface area contributed by atoms with E-state index in [1.165, 1.54) is 22.2 Å². The second-order valence-electron chi connectivity index (χ2n) is 6.39. The molecule has 1 saturated heterocycles. The number of aryl methyl sites for hydroxylation is 2. The molecule has 0 aromatic heterocycles. The molecule has 1 heterocycles. The van der Waals surface area contributed by atoms with Crippen molar-refractivity contribution in [3.8, 4) is 6.07 Å². The fourth-order valence-corrected chi connectivity index (χ4v) is 4.27. The van der Waals surface area contributed by atoms with Gasteiger partial charge in [-0.25, -0.2) is 0 Å². The van der Waals surface area contributed by atoms with Crippen molar-refractivity contribution in [2.45, 2.75) is 25.5 Å². The molecule has 27 heavy (non-hydrogen) atoms. The van der Waals surface area contributed by atoms with Crippen LogP contribution in [-0.4, -0.2) is 17.1 Å². The van der Waals surface area contributed by atoms with E-state index in [9.17, 15) is 14.9 Å². The van der Waals surface area contributed by atoms with Gasteiger partial charge in [-0.15, -0.1) is 0 Å². The van der Waals surface area contributed by atoms with Gasteiger partial charge in [-0.2, -0.15) is 5.26 Å². The summed E-state index contributed by atoms with van der Waals surface area (Å²) in [6.07, 6.45) is 0.509. The largest absolute Gasteiger partial charge is 0.365 e. The van der Waals surface area contributed by atoms with Crippen LogP contribution in [0.15, 0.2) is 59.1 Å². The van der Waals surface area contributed by atoms with Crippen molar-refractivity contribution < 1.29 is 9.59 Å². The minimum Gasteiger partial charge on any atom is -0.365 e. The molecule has 0 saturated carbocycles. The van der Waals surface area contributed by atoms with Crippen LogP contribution in [0.2, 0.25) is 0 Å². The summed E-state index contributed by atoms with van der Waals surface area (Å²) in [6.45, 7) is 4.07. The standard InChI is InChI=1S/C21H19N3O2S/c1-13-8-9-15(10-14(13)2)11-18-20(26)24(16-6-4-3-5-7-16)21(27-18)17(12-22)19(23)25/h3-10,18H,11H2,1-2H3,(H2,23,25)/b21-17+/t18-/m1/s1. The number of nitriles is 1. The molecule has 3 rings (SSSR count). The van der Waals surface area contributed by atoms with Crippen molar-refractivity contribution in [3.63, 3.8) is 0 Å². The number of rotatable bonds is 4. The van der Waals surface area contributed by atoms with Gasteiger partial charge in [-0.1, -0.05) is 48.2 Å². The van der Waals surface area contributed by atoms with Gasteiger partial charge >= 0.3 is 0 Å². The molecule has 2 aromatic rings. The van der Waals surface area contributed by atoms with Crippen molar-refractivity contribution in [1.82, 2.24) is 0 Å². The lowest BCUT2D eigenvalue weighted by atomic mass is 10.0. The molecule has 0 unspecified atom stereocenters. The Morgan fingerprint density at radius 1 is 1.19 bits per heavy atom. The Morgan fingerprint density at radius 2 is 1.89 bits per heavy atom. The molecule has 5 nitrogen and oxygen atoms in total. The fourth-order valence-electron chi connectivity index (χ4n) is 2.96. The zero-order chi connectivity index (χ0) is 19.6. The number of amides is 2. The van der Waals surface area contributed by atoms with Crippen LogP contribution in [0, 0.1) is 25.2 Å². The smallest absolute Gasteiger partial charge is 0.262 e. The Morgan fingerprint density at radius 3 is 2.48 bits per heavy atom. The molecule has 1 fully saturated rings. The second kappa shape index (κ2) is 7.68. The third kappa shape index (κ3) is 3.74. The lowest BCUT2D eigenvalue weighted by Crippen LogP contribution is -2.31. The molecule has 1 aliphatic rings. The van der Waals surface area contributed by atoms with E-state index in [2.05, 4.69) is 6.07 Å². The summed E-state index contributed by atoms with van der Waals surface area (Å²) >= 11 is 1.22. The molecular formula is C21H19N3O2S. The minimum atomic E-state index is -0.833. The van der Waals surface area contributed by atoms with Crippen molar-refractivity contribution in [3.05, 3.63) is 75.8 Å². The van der Waals surface area contributed by atoms with E-state index in [1.54, 1.807) is 24.3 Å². The molecule has 136 valence electrons. The molecule has 2 aromatic carbocycles. The number of hydrogen-bond donors (Lipinski definition) is 1. The summed E-state index contributed by atoms with van der Waals surface area (Å²) in [7, 11) is 0. The number of hydrogen-bond acceptors (Lipinski definition) is 4. The molecule has 0 aliphatic carbocycles. The molecule has 6 heteroatoms. The Kier molecular flexibility index (Phi) is 5.33. The van der Waals surface area contributed by atoms with E-state index in [1.807, 2.05) is 38.1 Å². The lowest BCUT2D eigenvalue weighted by molar-refractivity contribution is -0.117. The van der Waals surface area contributed by atoms with Gasteiger partial charge in [-0.3, -0.25) is 14.5 Å². The van der Waals surface area contributed by atoms with Crippen molar-refractivity contribution in [2.75, 3.05) is 4.90 Å². The average Bonchev–Trinajstić information content (AvgIpc) is 2.95. The molecule has 2 N–H and O–H groups in total. The number of para-hydroxylation sites is 1. The predicted octanol–water partition coefficient (Wildman–Crippen LogP) is 3.22. The Hall–Kier alpha value is -3.04. The molecule has 2 amide bonds. The minimum absolute atomic E-state index is 0.159. The van der Waals surface area contributed by atoms with Crippen LogP contribution >= 0.6 is 11.8 Å². The SMILES string of the molecule is Cc1ccc(C[C@H]2S/C(=C(\C#N)C(N)=O)N(c3ccccc3)C2=O)cc1C. The van der Waals surface area contributed by atoms with Gasteiger partial charge < -0.3 is 5.73 Å². The first-order valence-corrected chi connectivity index (χ1v) is 9.36. The number of primary amides is 1. The van der Waals surface area contributed by atoms with Gasteiger partial charge in [0, 0.05) is 5.69 Å². The van der Waals surface area contributed by atoms with E-state index in [-0.39, 0.29) is 11.5 Å². The number of carbonyl (C=O) groups is 2. The summed E-state index contributed by atoms with van der Waals surface area (Å²) in [5, 5.41) is 9.27. The zero-order valence-electron chi connectivity index (χ0n) is 15.1. The number of nitrogens with zero attached hydrogens (tertiary/aromatic N) is 2. The van der Waals surface area contributed by atoms with Gasteiger partial charge in [0.25, 0.3) is 5.91 Å². The van der Waals surface area contributed by atoms with Crippen LogP contribution in [0.5, 0.6) is 0 Å². The highest BCUT2D eigenvalue weighted by Gasteiger charge is 2.40. The van der Waals surface area contributed by atoms with Crippen LogP contribution in [0.3, 0.4) is 0 Å². The van der Waals surface area contributed by atoms with E-state index < -0.39 is 11.2 Å². The van der Waals surface area contributed by atoms with E-state index in [0.717, 1.165) is 11.1 Å². The van der Waals surface area contributed by atoms with E-state index in [0.29, 0.717) is 17.1 Å². The molecular weight excluding hydrogens is 358 g/mol. The molecule has 0 spiro atoms. The number of nitrogens with two attached hydrogens (primary N) is 1. The van der Waals surface area contributed by atoms with Crippen LogP contribution in [0.25, 0.3) is 0 Å². The van der Waals surface area contributed by atoms with Gasteiger partial charge in [0.15, 0.2) is 0 Å². The Balaban J connectivity index is 2.01. The zero-order valence-corrected chi connectivity index (χ0v) is 15.9. The molecule has 1 atom stereocenters. The maximum atomic E-state index is 13.1. The molecule has 0 bridgehead atoms. The highest BCUT2D eigenvalue weighted by molar-refractivity contribution is 8.05. The lowest BCUT2D eigenvalue weighted by Gasteiger charge is -2.18.